The highest BCUT2D eigenvalue weighted by Gasteiger charge is 2.63. The summed E-state index contributed by atoms with van der Waals surface area (Å²) in [7, 11) is 0. The molecular formula is C36H54O3. The number of ketones is 1. The van der Waals surface area contributed by atoms with E-state index in [1.165, 1.54) is 70.6 Å². The fourth-order valence-corrected chi connectivity index (χ4v) is 6.56. The van der Waals surface area contributed by atoms with Gasteiger partial charge in [0.1, 0.15) is 6.61 Å². The number of carbonyl (C=O) groups excluding carboxylic acids is 2. The van der Waals surface area contributed by atoms with Crippen molar-refractivity contribution in [2.45, 2.75) is 137 Å². The molecule has 0 amide bonds. The highest BCUT2D eigenvalue weighted by Crippen LogP contribution is 2.65. The molecule has 0 radical (unpaired) electrons. The molecule has 3 rings (SSSR count). The van der Waals surface area contributed by atoms with Crippen molar-refractivity contribution in [2.75, 3.05) is 0 Å². The average Bonchev–Trinajstić information content (AvgIpc) is 3.23. The third-order valence-corrected chi connectivity index (χ3v) is 9.71. The van der Waals surface area contributed by atoms with Crippen LogP contribution in [0.3, 0.4) is 0 Å². The van der Waals surface area contributed by atoms with Crippen LogP contribution in [-0.2, 0) is 20.9 Å². The van der Waals surface area contributed by atoms with Crippen LogP contribution >= 0.6 is 0 Å². The second kappa shape index (κ2) is 15.6. The molecule has 2 bridgehead atoms. The zero-order chi connectivity index (χ0) is 28.1. The van der Waals surface area contributed by atoms with E-state index in [1.807, 2.05) is 24.3 Å². The van der Waals surface area contributed by atoms with Crippen molar-refractivity contribution in [2.24, 2.45) is 16.7 Å². The van der Waals surface area contributed by atoms with Crippen LogP contribution in [0.25, 0.3) is 6.08 Å². The van der Waals surface area contributed by atoms with Gasteiger partial charge in [-0.05, 0) is 79.1 Å². The van der Waals surface area contributed by atoms with Gasteiger partial charge in [0.25, 0.3) is 0 Å². The fraction of sp³-hybridized carbons (Fsp3) is 0.667. The quantitative estimate of drug-likeness (QED) is 0.0814. The van der Waals surface area contributed by atoms with E-state index in [-0.39, 0.29) is 16.8 Å². The maximum absolute atomic E-state index is 13.1. The summed E-state index contributed by atoms with van der Waals surface area (Å²) < 4.78 is 5.50. The van der Waals surface area contributed by atoms with Gasteiger partial charge in [0, 0.05) is 11.8 Å². The van der Waals surface area contributed by atoms with Crippen molar-refractivity contribution in [3.05, 3.63) is 53.1 Å². The van der Waals surface area contributed by atoms with Crippen LogP contribution in [0.5, 0.6) is 0 Å². The van der Waals surface area contributed by atoms with E-state index in [1.54, 1.807) is 0 Å². The van der Waals surface area contributed by atoms with Gasteiger partial charge in [0.2, 0.25) is 0 Å². The van der Waals surface area contributed by atoms with E-state index in [4.69, 9.17) is 4.74 Å². The minimum Gasteiger partial charge on any atom is -0.461 e. The smallest absolute Gasteiger partial charge is 0.306 e. The number of unbranched alkanes of at least 4 members (excludes halogenated alkanes) is 11. The minimum atomic E-state index is -0.221. The number of fused-ring (bicyclic) bond motifs is 2. The van der Waals surface area contributed by atoms with E-state index in [2.05, 4.69) is 45.9 Å². The van der Waals surface area contributed by atoms with Crippen molar-refractivity contribution in [1.82, 2.24) is 0 Å². The van der Waals surface area contributed by atoms with Gasteiger partial charge in [-0.25, -0.2) is 0 Å². The van der Waals surface area contributed by atoms with Crippen molar-refractivity contribution in [3.8, 4) is 0 Å². The molecule has 0 N–H and O–H groups in total. The zero-order valence-corrected chi connectivity index (χ0v) is 25.4. The molecule has 0 spiro atoms. The fourth-order valence-electron chi connectivity index (χ4n) is 6.56. The molecule has 1 aromatic rings. The number of carbonyl (C=O) groups is 2. The topological polar surface area (TPSA) is 43.4 Å². The summed E-state index contributed by atoms with van der Waals surface area (Å²) in [5.74, 6) is 0.575. The van der Waals surface area contributed by atoms with Crippen molar-refractivity contribution >= 4 is 17.8 Å². The number of hydrogen-bond donors (Lipinski definition) is 0. The molecule has 216 valence electrons. The molecule has 3 heteroatoms. The van der Waals surface area contributed by atoms with Crippen LogP contribution in [0.2, 0.25) is 0 Å². The number of ether oxygens (including phenoxy) is 1. The Morgan fingerprint density at radius 3 is 2.05 bits per heavy atom. The Balaban J connectivity index is 1.23. The summed E-state index contributed by atoms with van der Waals surface area (Å²) in [6, 6.07) is 8.09. The summed E-state index contributed by atoms with van der Waals surface area (Å²) in [6.45, 7) is 9.22. The Hall–Kier alpha value is -2.16. The SMILES string of the molecule is CCCCCCCC/C=C\CCCCCCCC(=O)OCc1ccc(C=C2C(=O)C3(C)CCC2C3(C)C)cc1. The Morgan fingerprint density at radius 2 is 1.46 bits per heavy atom. The monoisotopic (exact) mass is 534 g/mol. The molecule has 2 aliphatic rings. The van der Waals surface area contributed by atoms with Crippen LogP contribution < -0.4 is 0 Å². The van der Waals surface area contributed by atoms with E-state index < -0.39 is 0 Å². The van der Waals surface area contributed by atoms with Crippen LogP contribution in [0.15, 0.2) is 42.0 Å². The Labute approximate surface area is 238 Å². The average molecular weight is 535 g/mol. The summed E-state index contributed by atoms with van der Waals surface area (Å²) in [4.78, 5) is 25.2. The number of allylic oxidation sites excluding steroid dienone is 3. The molecule has 0 aliphatic heterocycles. The highest BCUT2D eigenvalue weighted by molar-refractivity contribution is 6.07. The molecule has 0 saturated heterocycles. The molecule has 39 heavy (non-hydrogen) atoms. The first-order valence-corrected chi connectivity index (χ1v) is 16.0. The molecule has 2 atom stereocenters. The van der Waals surface area contributed by atoms with Crippen molar-refractivity contribution < 1.29 is 14.3 Å². The van der Waals surface area contributed by atoms with Gasteiger partial charge in [-0.1, -0.05) is 115 Å². The first-order chi connectivity index (χ1) is 18.8. The summed E-state index contributed by atoms with van der Waals surface area (Å²) in [5.41, 5.74) is 2.85. The molecule has 0 heterocycles. The molecular weight excluding hydrogens is 480 g/mol. The summed E-state index contributed by atoms with van der Waals surface area (Å²) in [6.07, 6.45) is 25.7. The van der Waals surface area contributed by atoms with Gasteiger partial charge >= 0.3 is 5.97 Å². The standard InChI is InChI=1S/C36H54O3/c1-5-6-7-8-9-10-11-12-13-14-15-16-17-18-19-20-33(37)39-28-30-23-21-29(22-24-30)27-31-32-25-26-36(4,34(31)38)35(32,2)3/h12-13,21-24,27,32H,5-11,14-20,25-26,28H2,1-4H3/b13-12-,31-27?. The maximum Gasteiger partial charge on any atom is 0.306 e. The number of Topliss-reactive ketones (excluding diaryl/α,β-unsaturated/α-hetero) is 1. The maximum atomic E-state index is 13.1. The van der Waals surface area contributed by atoms with E-state index in [0.29, 0.717) is 24.7 Å². The summed E-state index contributed by atoms with van der Waals surface area (Å²) in [5, 5.41) is 0. The van der Waals surface area contributed by atoms with Gasteiger partial charge in [0.05, 0.1) is 0 Å². The molecule has 2 fully saturated rings. The van der Waals surface area contributed by atoms with Crippen molar-refractivity contribution in [1.29, 1.82) is 0 Å². The Kier molecular flexibility index (Phi) is 12.5. The normalized spacial score (nSPS) is 22.8. The largest absolute Gasteiger partial charge is 0.461 e. The van der Waals surface area contributed by atoms with Gasteiger partial charge in [0.15, 0.2) is 5.78 Å². The second-order valence-electron chi connectivity index (χ2n) is 12.8. The molecule has 0 aromatic heterocycles. The van der Waals surface area contributed by atoms with E-state index >= 15 is 0 Å². The van der Waals surface area contributed by atoms with Gasteiger partial charge in [-0.3, -0.25) is 9.59 Å². The molecule has 2 aliphatic carbocycles. The first-order valence-electron chi connectivity index (χ1n) is 16.0. The van der Waals surface area contributed by atoms with E-state index in [0.717, 1.165) is 42.4 Å². The number of hydrogen-bond acceptors (Lipinski definition) is 3. The lowest BCUT2D eigenvalue weighted by Crippen LogP contribution is -2.32. The second-order valence-corrected chi connectivity index (χ2v) is 12.8. The molecule has 1 aromatic carbocycles. The lowest BCUT2D eigenvalue weighted by atomic mass is 9.70. The van der Waals surface area contributed by atoms with Crippen LogP contribution in [0.4, 0.5) is 0 Å². The zero-order valence-electron chi connectivity index (χ0n) is 25.4. The predicted octanol–water partition coefficient (Wildman–Crippen LogP) is 10.2. The van der Waals surface area contributed by atoms with Crippen LogP contribution in [0.1, 0.15) is 142 Å². The van der Waals surface area contributed by atoms with Gasteiger partial charge in [-0.2, -0.15) is 0 Å². The lowest BCUT2D eigenvalue weighted by Gasteiger charge is -2.31. The van der Waals surface area contributed by atoms with Crippen LogP contribution in [0, 0.1) is 16.7 Å². The molecule has 2 unspecified atom stereocenters. The third-order valence-electron chi connectivity index (χ3n) is 9.71. The predicted molar refractivity (Wildman–Crippen MR) is 163 cm³/mol. The van der Waals surface area contributed by atoms with E-state index in [9.17, 15) is 9.59 Å². The number of rotatable bonds is 18. The molecule has 3 nitrogen and oxygen atoms in total. The molecule has 2 saturated carbocycles. The van der Waals surface area contributed by atoms with Gasteiger partial charge in [-0.15, -0.1) is 0 Å². The Morgan fingerprint density at radius 1 is 0.872 bits per heavy atom. The van der Waals surface area contributed by atoms with Crippen molar-refractivity contribution in [3.63, 3.8) is 0 Å². The highest BCUT2D eigenvalue weighted by atomic mass is 16.5. The number of esters is 1. The number of benzene rings is 1. The third kappa shape index (κ3) is 8.66. The van der Waals surface area contributed by atoms with Gasteiger partial charge < -0.3 is 4.74 Å². The minimum absolute atomic E-state index is 0.0358. The van der Waals surface area contributed by atoms with Crippen LogP contribution in [-0.4, -0.2) is 11.8 Å². The first kappa shape index (κ1) is 31.4. The summed E-state index contributed by atoms with van der Waals surface area (Å²) >= 11 is 0. The lowest BCUT2D eigenvalue weighted by molar-refractivity contribution is -0.145. The Bertz CT molecular complexity index is 968.